The molecule has 0 saturated carbocycles. The van der Waals surface area contributed by atoms with Crippen LogP contribution in [0.25, 0.3) is 5.69 Å². The first-order chi connectivity index (χ1) is 11.0. The molecule has 7 heteroatoms. The standard InChI is InChI=1S/C16H12ClFN4O/c1-10-15(20-19-13-7-5-12(18)6-8-13)16(23)22(21-10)14-4-2-3-11(17)9-14/h2-9,21H,1H3. The zero-order valence-electron chi connectivity index (χ0n) is 12.1. The van der Waals surface area contributed by atoms with E-state index in [0.717, 1.165) is 0 Å². The number of nitrogens with one attached hydrogen (secondary N) is 1. The minimum absolute atomic E-state index is 0.189. The molecule has 0 aliphatic rings. The average molecular weight is 331 g/mol. The lowest BCUT2D eigenvalue weighted by atomic mass is 10.3. The van der Waals surface area contributed by atoms with Gasteiger partial charge in [-0.2, -0.15) is 5.11 Å². The van der Waals surface area contributed by atoms with Crippen LogP contribution in [-0.2, 0) is 0 Å². The van der Waals surface area contributed by atoms with E-state index < -0.39 is 0 Å². The van der Waals surface area contributed by atoms with E-state index in [2.05, 4.69) is 15.3 Å². The molecule has 0 bridgehead atoms. The molecule has 1 heterocycles. The Balaban J connectivity index is 1.98. The Labute approximate surface area is 136 Å². The molecule has 0 amide bonds. The Morgan fingerprint density at radius 2 is 1.87 bits per heavy atom. The fraction of sp³-hybridized carbons (Fsp3) is 0.0625. The van der Waals surface area contributed by atoms with Crippen LogP contribution in [0.4, 0.5) is 15.8 Å². The van der Waals surface area contributed by atoms with Crippen molar-refractivity contribution in [1.82, 2.24) is 9.78 Å². The molecular formula is C16H12ClFN4O. The number of aromatic amines is 1. The summed E-state index contributed by atoms with van der Waals surface area (Å²) in [4.78, 5) is 12.5. The highest BCUT2D eigenvalue weighted by molar-refractivity contribution is 6.30. The molecular weight excluding hydrogens is 319 g/mol. The number of aryl methyl sites for hydroxylation is 1. The quantitative estimate of drug-likeness (QED) is 0.696. The van der Waals surface area contributed by atoms with Crippen molar-refractivity contribution in [2.24, 2.45) is 10.2 Å². The molecule has 0 spiro atoms. The first-order valence-corrected chi connectivity index (χ1v) is 7.17. The van der Waals surface area contributed by atoms with E-state index in [1.54, 1.807) is 31.2 Å². The maximum atomic E-state index is 12.9. The number of nitrogens with zero attached hydrogens (tertiary/aromatic N) is 3. The van der Waals surface area contributed by atoms with Crippen molar-refractivity contribution in [3.05, 3.63) is 75.4 Å². The maximum Gasteiger partial charge on any atom is 0.299 e. The number of aromatic nitrogens is 2. The van der Waals surface area contributed by atoms with Crippen molar-refractivity contribution < 1.29 is 4.39 Å². The van der Waals surface area contributed by atoms with Crippen molar-refractivity contribution in [2.75, 3.05) is 0 Å². The normalized spacial score (nSPS) is 11.3. The van der Waals surface area contributed by atoms with Crippen molar-refractivity contribution in [1.29, 1.82) is 0 Å². The monoisotopic (exact) mass is 330 g/mol. The van der Waals surface area contributed by atoms with Gasteiger partial charge in [-0.05, 0) is 49.4 Å². The predicted octanol–water partition coefficient (Wildman–Crippen LogP) is 4.68. The molecule has 0 saturated heterocycles. The van der Waals surface area contributed by atoms with Gasteiger partial charge in [0.15, 0.2) is 5.69 Å². The summed E-state index contributed by atoms with van der Waals surface area (Å²) in [6.45, 7) is 1.72. The van der Waals surface area contributed by atoms with Gasteiger partial charge in [0.1, 0.15) is 5.82 Å². The molecule has 2 aromatic carbocycles. The van der Waals surface area contributed by atoms with Gasteiger partial charge in [0.25, 0.3) is 5.56 Å². The molecule has 0 atom stereocenters. The van der Waals surface area contributed by atoms with Gasteiger partial charge in [0.2, 0.25) is 0 Å². The third-order valence-electron chi connectivity index (χ3n) is 3.20. The van der Waals surface area contributed by atoms with Crippen LogP contribution in [0.1, 0.15) is 5.69 Å². The van der Waals surface area contributed by atoms with Gasteiger partial charge in [0.05, 0.1) is 17.1 Å². The summed E-state index contributed by atoms with van der Waals surface area (Å²) in [6, 6.07) is 12.4. The first kappa shape index (κ1) is 15.2. The van der Waals surface area contributed by atoms with Crippen LogP contribution in [0.2, 0.25) is 5.02 Å². The van der Waals surface area contributed by atoms with E-state index in [0.29, 0.717) is 22.1 Å². The van der Waals surface area contributed by atoms with Gasteiger partial charge < -0.3 is 0 Å². The topological polar surface area (TPSA) is 62.5 Å². The Bertz CT molecular complexity index is 928. The number of halogens is 2. The van der Waals surface area contributed by atoms with Crippen LogP contribution >= 0.6 is 11.6 Å². The summed E-state index contributed by atoms with van der Waals surface area (Å²) in [5, 5.41) is 11.4. The number of hydrogen-bond donors (Lipinski definition) is 1. The van der Waals surface area contributed by atoms with Gasteiger partial charge in [-0.1, -0.05) is 17.7 Å². The SMILES string of the molecule is Cc1[nH]n(-c2cccc(Cl)c2)c(=O)c1N=Nc1ccc(F)cc1. The molecule has 23 heavy (non-hydrogen) atoms. The highest BCUT2D eigenvalue weighted by atomic mass is 35.5. The smallest absolute Gasteiger partial charge is 0.293 e. The van der Waals surface area contributed by atoms with E-state index in [4.69, 9.17) is 11.6 Å². The summed E-state index contributed by atoms with van der Waals surface area (Å²) in [5.41, 5.74) is 1.49. The average Bonchev–Trinajstić information content (AvgIpc) is 2.82. The van der Waals surface area contributed by atoms with Crippen molar-refractivity contribution in [3.8, 4) is 5.69 Å². The Morgan fingerprint density at radius 1 is 1.13 bits per heavy atom. The van der Waals surface area contributed by atoms with Crippen molar-refractivity contribution in [2.45, 2.75) is 6.92 Å². The lowest BCUT2D eigenvalue weighted by Gasteiger charge is -2.00. The molecule has 0 unspecified atom stereocenters. The Morgan fingerprint density at radius 3 is 2.57 bits per heavy atom. The maximum absolute atomic E-state index is 12.9. The molecule has 1 N–H and O–H groups in total. The zero-order chi connectivity index (χ0) is 16.4. The van der Waals surface area contributed by atoms with Crippen molar-refractivity contribution in [3.63, 3.8) is 0 Å². The third kappa shape index (κ3) is 3.22. The summed E-state index contributed by atoms with van der Waals surface area (Å²) < 4.78 is 14.2. The molecule has 3 aromatic rings. The molecule has 0 radical (unpaired) electrons. The van der Waals surface area contributed by atoms with Crippen LogP contribution < -0.4 is 5.56 Å². The van der Waals surface area contributed by atoms with E-state index in [-0.39, 0.29) is 17.1 Å². The minimum Gasteiger partial charge on any atom is -0.293 e. The van der Waals surface area contributed by atoms with E-state index >= 15 is 0 Å². The van der Waals surface area contributed by atoms with E-state index in [9.17, 15) is 9.18 Å². The second kappa shape index (κ2) is 6.18. The number of H-pyrrole nitrogens is 1. The van der Waals surface area contributed by atoms with Gasteiger partial charge in [-0.25, -0.2) is 9.07 Å². The highest BCUT2D eigenvalue weighted by Crippen LogP contribution is 2.20. The predicted molar refractivity (Wildman–Crippen MR) is 86.7 cm³/mol. The highest BCUT2D eigenvalue weighted by Gasteiger charge is 2.12. The molecule has 5 nitrogen and oxygen atoms in total. The van der Waals surface area contributed by atoms with Crippen molar-refractivity contribution >= 4 is 23.0 Å². The van der Waals surface area contributed by atoms with E-state index in [1.807, 2.05) is 0 Å². The molecule has 0 aliphatic carbocycles. The van der Waals surface area contributed by atoms with Gasteiger partial charge >= 0.3 is 0 Å². The molecule has 0 fully saturated rings. The zero-order valence-corrected chi connectivity index (χ0v) is 12.9. The van der Waals surface area contributed by atoms with Crippen LogP contribution in [0.5, 0.6) is 0 Å². The number of hydrogen-bond acceptors (Lipinski definition) is 3. The first-order valence-electron chi connectivity index (χ1n) is 6.79. The van der Waals surface area contributed by atoms with Crippen LogP contribution in [0, 0.1) is 12.7 Å². The second-order valence-electron chi connectivity index (χ2n) is 4.88. The summed E-state index contributed by atoms with van der Waals surface area (Å²) in [6.07, 6.45) is 0. The molecule has 1 aromatic heterocycles. The minimum atomic E-state index is -0.356. The van der Waals surface area contributed by atoms with Gasteiger partial charge in [-0.15, -0.1) is 5.11 Å². The van der Waals surface area contributed by atoms with Crippen LogP contribution in [0.15, 0.2) is 63.6 Å². The van der Waals surface area contributed by atoms with Crippen LogP contribution in [0.3, 0.4) is 0 Å². The molecule has 0 aliphatic heterocycles. The van der Waals surface area contributed by atoms with Gasteiger partial charge in [-0.3, -0.25) is 9.89 Å². The summed E-state index contributed by atoms with van der Waals surface area (Å²) in [5.74, 6) is -0.356. The molecule has 116 valence electrons. The van der Waals surface area contributed by atoms with E-state index in [1.165, 1.54) is 28.9 Å². The largest absolute Gasteiger partial charge is 0.299 e. The summed E-state index contributed by atoms with van der Waals surface area (Å²) in [7, 11) is 0. The van der Waals surface area contributed by atoms with Gasteiger partial charge in [0, 0.05) is 5.02 Å². The third-order valence-corrected chi connectivity index (χ3v) is 3.43. The number of azo groups is 1. The summed E-state index contributed by atoms with van der Waals surface area (Å²) >= 11 is 5.95. The fourth-order valence-corrected chi connectivity index (χ4v) is 2.25. The second-order valence-corrected chi connectivity index (χ2v) is 5.32. The lowest BCUT2D eigenvalue weighted by molar-refractivity contribution is 0.628. The lowest BCUT2D eigenvalue weighted by Crippen LogP contribution is -2.13. The number of rotatable bonds is 3. The Kier molecular flexibility index (Phi) is 4.08. The fourth-order valence-electron chi connectivity index (χ4n) is 2.07. The van der Waals surface area contributed by atoms with Crippen LogP contribution in [-0.4, -0.2) is 9.78 Å². The Hall–Kier alpha value is -2.73. The number of benzene rings is 2. The molecule has 3 rings (SSSR count).